The van der Waals surface area contributed by atoms with Gasteiger partial charge in [0.25, 0.3) is 0 Å². The molecule has 0 N–H and O–H groups in total. The molecule has 3 aromatic rings. The highest BCUT2D eigenvalue weighted by atomic mass is 16.2. The minimum atomic E-state index is -0.405. The largest absolute Gasteiger partial charge is 0.340 e. The zero-order chi connectivity index (χ0) is 14.6. The van der Waals surface area contributed by atoms with E-state index in [1.54, 1.807) is 12.1 Å². The fourth-order valence-electron chi connectivity index (χ4n) is 3.27. The Bertz CT molecular complexity index is 918. The third kappa shape index (κ3) is 1.43. The second-order valence-corrected chi connectivity index (χ2v) is 5.19. The summed E-state index contributed by atoms with van der Waals surface area (Å²) in [6.07, 6.45) is 0. The summed E-state index contributed by atoms with van der Waals surface area (Å²) in [5.74, 6) is -0.802. The molecule has 102 valence electrons. The number of rotatable bonds is 1. The van der Waals surface area contributed by atoms with Crippen LogP contribution in [0.1, 0.15) is 27.6 Å². The van der Waals surface area contributed by atoms with Gasteiger partial charge in [-0.15, -0.1) is 0 Å². The number of aryl methyl sites for hydroxylation is 1. The van der Waals surface area contributed by atoms with Crippen LogP contribution in [-0.4, -0.2) is 16.1 Å². The molecule has 0 radical (unpaired) electrons. The highest BCUT2D eigenvalue weighted by molar-refractivity contribution is 6.54. The van der Waals surface area contributed by atoms with Gasteiger partial charge in [0.2, 0.25) is 11.6 Å². The molecule has 0 bridgehead atoms. The van der Waals surface area contributed by atoms with Crippen LogP contribution < -0.4 is 0 Å². The van der Waals surface area contributed by atoms with Gasteiger partial charge in [-0.3, -0.25) is 9.59 Å². The van der Waals surface area contributed by atoms with E-state index in [9.17, 15) is 9.59 Å². The Morgan fingerprint density at radius 3 is 2.29 bits per heavy atom. The minimum Gasteiger partial charge on any atom is -0.340 e. The molecule has 3 nitrogen and oxygen atoms in total. The van der Waals surface area contributed by atoms with Gasteiger partial charge in [-0.05, 0) is 13.0 Å². The molecule has 1 aromatic heterocycles. The molecule has 0 aliphatic heterocycles. The molecule has 0 fully saturated rings. The molecule has 0 saturated carbocycles. The fraction of sp³-hybridized carbons (Fsp3) is 0.111. The normalized spacial score (nSPS) is 13.4. The SMILES string of the molecule is CCn1c2c(c3ccccc31)C(=O)C(=O)c1ccccc1-2. The number of carbonyl (C=O) groups is 2. The average Bonchev–Trinajstić information content (AvgIpc) is 2.87. The topological polar surface area (TPSA) is 39.1 Å². The number of ketones is 2. The number of Topliss-reactive ketones (excluding diaryl/α,β-unsaturated/α-hetero) is 2. The molecule has 2 aromatic carbocycles. The quantitative estimate of drug-likeness (QED) is 0.635. The molecule has 0 unspecified atom stereocenters. The van der Waals surface area contributed by atoms with Crippen molar-refractivity contribution in [2.75, 3.05) is 0 Å². The van der Waals surface area contributed by atoms with Crippen molar-refractivity contribution in [3.63, 3.8) is 0 Å². The molecule has 21 heavy (non-hydrogen) atoms. The molecule has 1 aliphatic rings. The van der Waals surface area contributed by atoms with Crippen LogP contribution in [0.4, 0.5) is 0 Å². The average molecular weight is 275 g/mol. The molecule has 3 heteroatoms. The predicted octanol–water partition coefficient (Wildman–Crippen LogP) is 3.71. The summed E-state index contributed by atoms with van der Waals surface area (Å²) in [5, 5.41) is 0.863. The maximum Gasteiger partial charge on any atom is 0.236 e. The molecule has 4 rings (SSSR count). The lowest BCUT2D eigenvalue weighted by Gasteiger charge is -2.17. The summed E-state index contributed by atoms with van der Waals surface area (Å²) in [6, 6.07) is 15.1. The monoisotopic (exact) mass is 275 g/mol. The Labute approximate surface area is 121 Å². The van der Waals surface area contributed by atoms with E-state index in [1.807, 2.05) is 36.4 Å². The maximum atomic E-state index is 12.6. The first-order chi connectivity index (χ1) is 10.2. The summed E-state index contributed by atoms with van der Waals surface area (Å²) in [4.78, 5) is 24.9. The first-order valence-corrected chi connectivity index (χ1v) is 7.03. The van der Waals surface area contributed by atoms with Crippen LogP contribution in [0.2, 0.25) is 0 Å². The molecule has 0 spiro atoms. The predicted molar refractivity (Wildman–Crippen MR) is 81.7 cm³/mol. The van der Waals surface area contributed by atoms with Crippen molar-refractivity contribution in [3.8, 4) is 11.3 Å². The van der Waals surface area contributed by atoms with Gasteiger partial charge >= 0.3 is 0 Å². The van der Waals surface area contributed by atoms with Crippen LogP contribution in [0.5, 0.6) is 0 Å². The van der Waals surface area contributed by atoms with Gasteiger partial charge in [-0.1, -0.05) is 42.5 Å². The first-order valence-electron chi connectivity index (χ1n) is 7.03. The van der Waals surface area contributed by atoms with E-state index in [1.165, 1.54) is 0 Å². The Hall–Kier alpha value is -2.68. The first kappa shape index (κ1) is 12.1. The van der Waals surface area contributed by atoms with E-state index in [-0.39, 0.29) is 0 Å². The summed E-state index contributed by atoms with van der Waals surface area (Å²) in [6.45, 7) is 2.81. The van der Waals surface area contributed by atoms with Crippen molar-refractivity contribution in [1.29, 1.82) is 0 Å². The molecule has 0 saturated heterocycles. The summed E-state index contributed by atoms with van der Waals surface area (Å²) >= 11 is 0. The van der Waals surface area contributed by atoms with Crippen LogP contribution in [0, 0.1) is 0 Å². The Morgan fingerprint density at radius 2 is 1.52 bits per heavy atom. The second kappa shape index (κ2) is 4.16. The zero-order valence-corrected chi connectivity index (χ0v) is 11.6. The number of nitrogens with zero attached hydrogens (tertiary/aromatic N) is 1. The van der Waals surface area contributed by atoms with Crippen LogP contribution in [0.15, 0.2) is 48.5 Å². The van der Waals surface area contributed by atoms with E-state index < -0.39 is 11.6 Å². The van der Waals surface area contributed by atoms with Crippen molar-refractivity contribution < 1.29 is 9.59 Å². The highest BCUT2D eigenvalue weighted by Crippen LogP contribution is 2.39. The third-order valence-electron chi connectivity index (χ3n) is 4.15. The molecular formula is C18H13NO2. The van der Waals surface area contributed by atoms with E-state index in [2.05, 4.69) is 11.5 Å². The van der Waals surface area contributed by atoms with Crippen molar-refractivity contribution in [2.24, 2.45) is 0 Å². The van der Waals surface area contributed by atoms with Gasteiger partial charge in [0.15, 0.2) is 0 Å². The fourth-order valence-corrected chi connectivity index (χ4v) is 3.27. The third-order valence-corrected chi connectivity index (χ3v) is 4.15. The van der Waals surface area contributed by atoms with E-state index in [0.29, 0.717) is 11.1 Å². The van der Waals surface area contributed by atoms with Crippen LogP contribution in [0.3, 0.4) is 0 Å². The lowest BCUT2D eigenvalue weighted by atomic mass is 9.87. The highest BCUT2D eigenvalue weighted by Gasteiger charge is 2.34. The Balaban J connectivity index is 2.25. The van der Waals surface area contributed by atoms with E-state index in [0.717, 1.165) is 28.7 Å². The number of para-hydroxylation sites is 1. The number of benzene rings is 2. The van der Waals surface area contributed by atoms with Crippen molar-refractivity contribution in [2.45, 2.75) is 13.5 Å². The van der Waals surface area contributed by atoms with Crippen LogP contribution in [0.25, 0.3) is 22.2 Å². The number of hydrogen-bond acceptors (Lipinski definition) is 2. The van der Waals surface area contributed by atoms with Crippen molar-refractivity contribution >= 4 is 22.5 Å². The number of fused-ring (bicyclic) bond motifs is 5. The van der Waals surface area contributed by atoms with Gasteiger partial charge in [0.1, 0.15) is 0 Å². The van der Waals surface area contributed by atoms with Gasteiger partial charge in [-0.25, -0.2) is 0 Å². The summed E-state index contributed by atoms with van der Waals surface area (Å²) in [5.41, 5.74) is 3.79. The van der Waals surface area contributed by atoms with Crippen molar-refractivity contribution in [1.82, 2.24) is 4.57 Å². The van der Waals surface area contributed by atoms with Gasteiger partial charge in [0.05, 0.1) is 11.3 Å². The van der Waals surface area contributed by atoms with Gasteiger partial charge in [0, 0.05) is 28.6 Å². The zero-order valence-electron chi connectivity index (χ0n) is 11.6. The standard InChI is InChI=1S/C18H13NO2/c1-2-19-14-10-6-5-9-13(14)15-16(19)11-7-3-4-8-12(11)17(20)18(15)21/h3-10H,2H2,1H3. The lowest BCUT2D eigenvalue weighted by Crippen LogP contribution is -2.21. The van der Waals surface area contributed by atoms with E-state index in [4.69, 9.17) is 0 Å². The summed E-state index contributed by atoms with van der Waals surface area (Å²) < 4.78 is 2.12. The lowest BCUT2D eigenvalue weighted by molar-refractivity contribution is 0.0816. The minimum absolute atomic E-state index is 0.396. The molecule has 1 aliphatic carbocycles. The number of hydrogen-bond donors (Lipinski definition) is 0. The number of aromatic nitrogens is 1. The Kier molecular flexibility index (Phi) is 2.39. The number of carbonyl (C=O) groups excluding carboxylic acids is 2. The second-order valence-electron chi connectivity index (χ2n) is 5.19. The smallest absolute Gasteiger partial charge is 0.236 e. The van der Waals surface area contributed by atoms with Crippen molar-refractivity contribution in [3.05, 3.63) is 59.7 Å². The van der Waals surface area contributed by atoms with Crippen LogP contribution in [-0.2, 0) is 6.54 Å². The molecule has 1 heterocycles. The van der Waals surface area contributed by atoms with Gasteiger partial charge < -0.3 is 4.57 Å². The summed E-state index contributed by atoms with van der Waals surface area (Å²) in [7, 11) is 0. The van der Waals surface area contributed by atoms with Crippen LogP contribution >= 0.6 is 0 Å². The molecule has 0 amide bonds. The Morgan fingerprint density at radius 1 is 0.857 bits per heavy atom. The van der Waals surface area contributed by atoms with Gasteiger partial charge in [-0.2, -0.15) is 0 Å². The molecule has 0 atom stereocenters. The van der Waals surface area contributed by atoms with E-state index >= 15 is 0 Å². The maximum absolute atomic E-state index is 12.6. The molecular weight excluding hydrogens is 262 g/mol.